The summed E-state index contributed by atoms with van der Waals surface area (Å²) in [5.74, 6) is 0.714. The van der Waals surface area contributed by atoms with Gasteiger partial charge in [0.1, 0.15) is 17.1 Å². The van der Waals surface area contributed by atoms with Gasteiger partial charge < -0.3 is 10.4 Å². The minimum absolute atomic E-state index is 0.104. The summed E-state index contributed by atoms with van der Waals surface area (Å²) in [6, 6.07) is 10.6. The van der Waals surface area contributed by atoms with Crippen molar-refractivity contribution >= 4 is 34.5 Å². The zero-order valence-corrected chi connectivity index (χ0v) is 15.6. The number of benzene rings is 1. The Kier molecular flexibility index (Phi) is 5.84. The molecule has 0 aliphatic carbocycles. The highest BCUT2D eigenvalue weighted by Gasteiger charge is 2.21. The Labute approximate surface area is 162 Å². The van der Waals surface area contributed by atoms with Crippen LogP contribution in [0.15, 0.2) is 78.2 Å². The minimum Gasteiger partial charge on any atom is -0.505 e. The number of allylic oxidation sites excluding steroid dienone is 2. The highest BCUT2D eigenvalue weighted by atomic mass is 35.5. The van der Waals surface area contributed by atoms with Crippen molar-refractivity contribution in [3.8, 4) is 5.75 Å². The van der Waals surface area contributed by atoms with Gasteiger partial charge in [-0.1, -0.05) is 48.5 Å². The van der Waals surface area contributed by atoms with Gasteiger partial charge in [-0.05, 0) is 25.1 Å². The average Bonchev–Trinajstić information content (AvgIpc) is 2.70. The van der Waals surface area contributed by atoms with Crippen molar-refractivity contribution in [3.63, 3.8) is 0 Å². The molecular weight excluding hydrogens is 360 g/mol. The first kappa shape index (κ1) is 18.6. The van der Waals surface area contributed by atoms with Crippen LogP contribution in [-0.2, 0) is 0 Å². The maximum Gasteiger partial charge on any atom is 0.147 e. The summed E-state index contributed by atoms with van der Waals surface area (Å²) in [6.45, 7) is 5.55. The lowest BCUT2D eigenvalue weighted by atomic mass is 10.00. The number of fused-ring (bicyclic) bond motifs is 1. The van der Waals surface area contributed by atoms with E-state index >= 15 is 0 Å². The Hall–Kier alpha value is -3.18. The highest BCUT2D eigenvalue weighted by molar-refractivity contribution is 6.30. The molecule has 2 heterocycles. The second kappa shape index (κ2) is 8.47. The molecule has 136 valence electrons. The van der Waals surface area contributed by atoms with Crippen LogP contribution in [0.4, 0.5) is 5.82 Å². The summed E-state index contributed by atoms with van der Waals surface area (Å²) in [6.07, 6.45) is 8.29. The lowest BCUT2D eigenvalue weighted by Crippen LogP contribution is -2.14. The maximum atomic E-state index is 10.9. The molecule has 0 radical (unpaired) electrons. The third-order valence-electron chi connectivity index (χ3n) is 4.03. The fourth-order valence-corrected chi connectivity index (χ4v) is 2.86. The number of phenols is 1. The van der Waals surface area contributed by atoms with Gasteiger partial charge in [0.25, 0.3) is 0 Å². The summed E-state index contributed by atoms with van der Waals surface area (Å²) >= 11 is 5.93. The molecule has 1 atom stereocenters. The van der Waals surface area contributed by atoms with E-state index in [4.69, 9.17) is 11.6 Å². The van der Waals surface area contributed by atoms with Crippen LogP contribution in [0, 0.1) is 0 Å². The number of phenolic OH excluding ortho intramolecular Hbond substituents is 1. The number of aromatic hydroxyl groups is 1. The van der Waals surface area contributed by atoms with Crippen molar-refractivity contribution in [1.82, 2.24) is 9.97 Å². The van der Waals surface area contributed by atoms with Gasteiger partial charge in [0.2, 0.25) is 0 Å². The molecule has 0 amide bonds. The van der Waals surface area contributed by atoms with E-state index < -0.39 is 6.04 Å². The fraction of sp³-hybridized carbons (Fsp3) is 0.0952. The van der Waals surface area contributed by atoms with E-state index in [1.54, 1.807) is 36.8 Å². The van der Waals surface area contributed by atoms with Crippen LogP contribution in [0.25, 0.3) is 10.9 Å². The summed E-state index contributed by atoms with van der Waals surface area (Å²) < 4.78 is 0. The van der Waals surface area contributed by atoms with Crippen LogP contribution in [0.5, 0.6) is 5.75 Å². The lowest BCUT2D eigenvalue weighted by molar-refractivity contribution is 0.471. The zero-order chi connectivity index (χ0) is 19.2. The van der Waals surface area contributed by atoms with E-state index in [0.717, 1.165) is 5.39 Å². The number of nitrogens with zero attached hydrogens (tertiary/aromatic N) is 3. The van der Waals surface area contributed by atoms with Crippen LogP contribution >= 0.6 is 11.6 Å². The van der Waals surface area contributed by atoms with Gasteiger partial charge in [0.05, 0.1) is 16.8 Å². The molecule has 0 aliphatic heterocycles. The smallest absolute Gasteiger partial charge is 0.147 e. The van der Waals surface area contributed by atoms with Crippen LogP contribution < -0.4 is 5.32 Å². The van der Waals surface area contributed by atoms with E-state index in [-0.39, 0.29) is 5.75 Å². The van der Waals surface area contributed by atoms with Gasteiger partial charge in [0.15, 0.2) is 0 Å². The molecule has 0 bridgehead atoms. The monoisotopic (exact) mass is 378 g/mol. The van der Waals surface area contributed by atoms with Gasteiger partial charge in [0, 0.05) is 29.6 Å². The van der Waals surface area contributed by atoms with E-state index in [1.165, 1.54) is 0 Å². The molecule has 2 aromatic heterocycles. The number of aromatic nitrogens is 2. The number of halogens is 1. The van der Waals surface area contributed by atoms with Crippen molar-refractivity contribution < 1.29 is 5.11 Å². The Balaban J connectivity index is 2.11. The predicted molar refractivity (Wildman–Crippen MR) is 111 cm³/mol. The second-order valence-corrected chi connectivity index (χ2v) is 6.18. The number of nitrogens with one attached hydrogen (secondary N) is 1. The van der Waals surface area contributed by atoms with Crippen molar-refractivity contribution in [2.75, 3.05) is 5.32 Å². The van der Waals surface area contributed by atoms with Gasteiger partial charge in [-0.3, -0.25) is 9.98 Å². The summed E-state index contributed by atoms with van der Waals surface area (Å²) in [5.41, 5.74) is 1.89. The third-order valence-corrected chi connectivity index (χ3v) is 4.25. The zero-order valence-electron chi connectivity index (χ0n) is 14.8. The average molecular weight is 379 g/mol. The predicted octanol–water partition coefficient (Wildman–Crippen LogP) is 5.30. The first-order valence-corrected chi connectivity index (χ1v) is 8.77. The molecule has 0 saturated carbocycles. The molecule has 1 aromatic carbocycles. The Morgan fingerprint density at radius 1 is 1.26 bits per heavy atom. The quantitative estimate of drug-likeness (QED) is 0.571. The fourth-order valence-electron chi connectivity index (χ4n) is 2.75. The molecule has 3 aromatic rings. The third kappa shape index (κ3) is 4.15. The lowest BCUT2D eigenvalue weighted by Gasteiger charge is -2.22. The number of rotatable bonds is 6. The van der Waals surface area contributed by atoms with Crippen LogP contribution in [-0.4, -0.2) is 21.3 Å². The molecule has 6 heteroatoms. The number of aliphatic imine (C=N–C) groups is 1. The van der Waals surface area contributed by atoms with Gasteiger partial charge in [-0.2, -0.15) is 0 Å². The van der Waals surface area contributed by atoms with Gasteiger partial charge >= 0.3 is 0 Å². The second-order valence-electron chi connectivity index (χ2n) is 5.74. The molecule has 0 fully saturated rings. The SMILES string of the molecule is C=CC=N/C(=C\C)C(Nc1ccc(Cl)cn1)c1ccc2cccnc2c1O. The first-order valence-electron chi connectivity index (χ1n) is 8.40. The first-order chi connectivity index (χ1) is 13.1. The molecule has 3 rings (SSSR count). The summed E-state index contributed by atoms with van der Waals surface area (Å²) in [4.78, 5) is 13.0. The molecule has 1 unspecified atom stereocenters. The summed E-state index contributed by atoms with van der Waals surface area (Å²) in [7, 11) is 0. The molecule has 0 aliphatic rings. The van der Waals surface area contributed by atoms with E-state index in [1.807, 2.05) is 37.3 Å². The number of hydrogen-bond acceptors (Lipinski definition) is 5. The van der Waals surface area contributed by atoms with Crippen molar-refractivity contribution in [1.29, 1.82) is 0 Å². The van der Waals surface area contributed by atoms with Crippen molar-refractivity contribution in [3.05, 3.63) is 83.8 Å². The number of anilines is 1. The van der Waals surface area contributed by atoms with Crippen LogP contribution in [0.1, 0.15) is 18.5 Å². The number of pyridine rings is 2. The Morgan fingerprint density at radius 3 is 2.81 bits per heavy atom. The van der Waals surface area contributed by atoms with Gasteiger partial charge in [-0.25, -0.2) is 4.98 Å². The van der Waals surface area contributed by atoms with E-state index in [0.29, 0.717) is 27.6 Å². The number of hydrogen-bond donors (Lipinski definition) is 2. The molecule has 27 heavy (non-hydrogen) atoms. The van der Waals surface area contributed by atoms with Crippen LogP contribution in [0.2, 0.25) is 5.02 Å². The molecule has 2 N–H and O–H groups in total. The molecule has 0 saturated heterocycles. The topological polar surface area (TPSA) is 70.4 Å². The summed E-state index contributed by atoms with van der Waals surface area (Å²) in [5, 5.41) is 15.6. The minimum atomic E-state index is -0.439. The normalized spacial score (nSPS) is 13.0. The van der Waals surface area contributed by atoms with Gasteiger partial charge in [-0.15, -0.1) is 0 Å². The van der Waals surface area contributed by atoms with Crippen molar-refractivity contribution in [2.24, 2.45) is 4.99 Å². The Morgan fingerprint density at radius 2 is 2.11 bits per heavy atom. The van der Waals surface area contributed by atoms with Crippen LogP contribution in [0.3, 0.4) is 0 Å². The molecular formula is C21H19ClN4O. The maximum absolute atomic E-state index is 10.9. The van der Waals surface area contributed by atoms with E-state index in [2.05, 4.69) is 26.9 Å². The highest BCUT2D eigenvalue weighted by Crippen LogP contribution is 2.36. The molecule has 0 spiro atoms. The van der Waals surface area contributed by atoms with Crippen molar-refractivity contribution in [2.45, 2.75) is 13.0 Å². The largest absolute Gasteiger partial charge is 0.505 e. The van der Waals surface area contributed by atoms with E-state index in [9.17, 15) is 5.11 Å². The standard InChI is InChI=1S/C21H19ClN4O/c1-3-11-23-17(4-2)20(26-18-10-8-15(22)13-25-18)16-9-7-14-6-5-12-24-19(14)21(16)27/h3-13,20,27H,1H2,2H3,(H,25,26)/b17-4-,23-11?. The Bertz CT molecular complexity index is 1010. The molecule has 5 nitrogen and oxygen atoms in total.